The smallest absolute Gasteiger partial charge is 0.119 e. The second kappa shape index (κ2) is 4.30. The van der Waals surface area contributed by atoms with E-state index in [9.17, 15) is 0 Å². The van der Waals surface area contributed by atoms with Crippen LogP contribution in [-0.2, 0) is 0 Å². The van der Waals surface area contributed by atoms with Crippen molar-refractivity contribution >= 4 is 0 Å². The molecule has 0 aromatic heterocycles. The van der Waals surface area contributed by atoms with Gasteiger partial charge in [-0.3, -0.25) is 0 Å². The molecule has 0 amide bonds. The van der Waals surface area contributed by atoms with Crippen molar-refractivity contribution in [3.05, 3.63) is 11.3 Å². The first-order valence-corrected chi connectivity index (χ1v) is 3.24. The van der Waals surface area contributed by atoms with E-state index in [-0.39, 0.29) is 18.8 Å². The zero-order chi connectivity index (χ0) is 8.15. The molecule has 3 nitrogen and oxygen atoms in total. The van der Waals surface area contributed by atoms with Gasteiger partial charge in [0.2, 0.25) is 0 Å². The summed E-state index contributed by atoms with van der Waals surface area (Å²) >= 11 is 0. The zero-order valence-corrected chi connectivity index (χ0v) is 6.33. The monoisotopic (exact) mass is 146 g/mol. The number of aliphatic hydroxyl groups is 3. The van der Waals surface area contributed by atoms with Crippen LogP contribution in [0.2, 0.25) is 0 Å². The average molecular weight is 146 g/mol. The first-order valence-electron chi connectivity index (χ1n) is 3.24. The fourth-order valence-electron chi connectivity index (χ4n) is 0.592. The Labute approximate surface area is 60.6 Å². The van der Waals surface area contributed by atoms with Gasteiger partial charge in [0.1, 0.15) is 11.9 Å². The van der Waals surface area contributed by atoms with Gasteiger partial charge in [-0.1, -0.05) is 0 Å². The van der Waals surface area contributed by atoms with Crippen molar-refractivity contribution in [3.8, 4) is 0 Å². The van der Waals surface area contributed by atoms with Crippen molar-refractivity contribution in [1.82, 2.24) is 0 Å². The number of aliphatic hydroxyl groups excluding tert-OH is 3. The van der Waals surface area contributed by atoms with Crippen molar-refractivity contribution in [2.24, 2.45) is 0 Å². The summed E-state index contributed by atoms with van der Waals surface area (Å²) in [5.74, 6) is -0.0333. The van der Waals surface area contributed by atoms with Crippen LogP contribution >= 0.6 is 0 Å². The van der Waals surface area contributed by atoms with Crippen LogP contribution in [0.4, 0.5) is 0 Å². The van der Waals surface area contributed by atoms with Crippen LogP contribution in [0.1, 0.15) is 20.3 Å². The van der Waals surface area contributed by atoms with Gasteiger partial charge in [-0.05, 0) is 19.4 Å². The highest BCUT2D eigenvalue weighted by atomic mass is 16.3. The highest BCUT2D eigenvalue weighted by Crippen LogP contribution is 2.07. The van der Waals surface area contributed by atoms with E-state index >= 15 is 0 Å². The molecule has 0 heterocycles. The maximum absolute atomic E-state index is 9.04. The first-order chi connectivity index (χ1) is 4.59. The fourth-order valence-corrected chi connectivity index (χ4v) is 0.592. The van der Waals surface area contributed by atoms with E-state index < -0.39 is 6.10 Å². The van der Waals surface area contributed by atoms with Crippen molar-refractivity contribution in [2.75, 3.05) is 6.61 Å². The number of hydrogen-bond acceptors (Lipinski definition) is 3. The second-order valence-corrected chi connectivity index (χ2v) is 2.41. The summed E-state index contributed by atoms with van der Waals surface area (Å²) in [7, 11) is 0. The van der Waals surface area contributed by atoms with Crippen LogP contribution < -0.4 is 0 Å². The highest BCUT2D eigenvalue weighted by molar-refractivity contribution is 5.05. The Kier molecular flexibility index (Phi) is 4.07. The average Bonchev–Trinajstić information content (AvgIpc) is 1.87. The van der Waals surface area contributed by atoms with E-state index in [1.165, 1.54) is 0 Å². The Balaban J connectivity index is 3.94. The molecule has 0 aromatic rings. The summed E-state index contributed by atoms with van der Waals surface area (Å²) in [5, 5.41) is 26.4. The lowest BCUT2D eigenvalue weighted by molar-refractivity contribution is 0.118. The molecule has 0 aromatic carbocycles. The zero-order valence-electron chi connectivity index (χ0n) is 6.33. The lowest BCUT2D eigenvalue weighted by atomic mass is 10.1. The molecule has 3 N–H and O–H groups in total. The van der Waals surface area contributed by atoms with Gasteiger partial charge in [-0.15, -0.1) is 0 Å². The first kappa shape index (κ1) is 9.46. The van der Waals surface area contributed by atoms with Crippen LogP contribution in [0.5, 0.6) is 0 Å². The van der Waals surface area contributed by atoms with Crippen LogP contribution in [-0.4, -0.2) is 28.0 Å². The molecular weight excluding hydrogens is 132 g/mol. The fraction of sp³-hybridized carbons (Fsp3) is 0.714. The molecular formula is C7H14O3. The molecule has 0 aliphatic rings. The normalized spacial score (nSPS) is 12.8. The predicted octanol–water partition coefficient (Wildman–Crippen LogP) is 0.582. The minimum atomic E-state index is -0.907. The molecule has 60 valence electrons. The third-order valence-corrected chi connectivity index (χ3v) is 1.23. The molecule has 10 heavy (non-hydrogen) atoms. The van der Waals surface area contributed by atoms with Crippen molar-refractivity contribution in [1.29, 1.82) is 0 Å². The molecule has 0 saturated carbocycles. The third-order valence-electron chi connectivity index (χ3n) is 1.23. The Bertz CT molecular complexity index is 125. The third kappa shape index (κ3) is 2.85. The summed E-state index contributed by atoms with van der Waals surface area (Å²) in [5.41, 5.74) is 0.681. The van der Waals surface area contributed by atoms with Crippen LogP contribution in [0.3, 0.4) is 0 Å². The molecule has 0 bridgehead atoms. The van der Waals surface area contributed by atoms with Gasteiger partial charge in [0.25, 0.3) is 0 Å². The SMILES string of the molecule is CC(C)=C(O)[C@@H](O)CCO. The van der Waals surface area contributed by atoms with Crippen LogP contribution in [0.25, 0.3) is 0 Å². The van der Waals surface area contributed by atoms with Gasteiger partial charge in [-0.2, -0.15) is 0 Å². The summed E-state index contributed by atoms with van der Waals surface area (Å²) in [4.78, 5) is 0. The Hall–Kier alpha value is -0.540. The summed E-state index contributed by atoms with van der Waals surface area (Å²) in [6.45, 7) is 3.30. The minimum absolute atomic E-state index is 0.0333. The topological polar surface area (TPSA) is 60.7 Å². The highest BCUT2D eigenvalue weighted by Gasteiger charge is 2.08. The van der Waals surface area contributed by atoms with E-state index in [4.69, 9.17) is 15.3 Å². The number of allylic oxidation sites excluding steroid dienone is 1. The molecule has 0 aliphatic carbocycles. The van der Waals surface area contributed by atoms with Gasteiger partial charge >= 0.3 is 0 Å². The van der Waals surface area contributed by atoms with Crippen LogP contribution in [0, 0.1) is 0 Å². The summed E-state index contributed by atoms with van der Waals surface area (Å²) < 4.78 is 0. The lowest BCUT2D eigenvalue weighted by Gasteiger charge is -2.08. The molecule has 0 spiro atoms. The second-order valence-electron chi connectivity index (χ2n) is 2.41. The van der Waals surface area contributed by atoms with Gasteiger partial charge < -0.3 is 15.3 Å². The van der Waals surface area contributed by atoms with E-state index in [0.29, 0.717) is 5.57 Å². The molecule has 0 fully saturated rings. The molecule has 1 atom stereocenters. The molecule has 0 rings (SSSR count). The summed E-state index contributed by atoms with van der Waals surface area (Å²) in [6.07, 6.45) is -0.716. The molecule has 3 heteroatoms. The molecule has 0 radical (unpaired) electrons. The van der Waals surface area contributed by atoms with Crippen LogP contribution in [0.15, 0.2) is 11.3 Å². The van der Waals surface area contributed by atoms with Crippen molar-refractivity contribution in [2.45, 2.75) is 26.4 Å². The molecule has 0 unspecified atom stereocenters. The standard InChI is InChI=1S/C7H14O3/c1-5(2)7(10)6(9)3-4-8/h6,8-10H,3-4H2,1-2H3/t6-/m0/s1. The van der Waals surface area contributed by atoms with Gasteiger partial charge in [0.05, 0.1) is 0 Å². The van der Waals surface area contributed by atoms with E-state index in [1.54, 1.807) is 13.8 Å². The molecule has 0 saturated heterocycles. The number of rotatable bonds is 3. The van der Waals surface area contributed by atoms with Crippen molar-refractivity contribution < 1.29 is 15.3 Å². The summed E-state index contributed by atoms with van der Waals surface area (Å²) in [6, 6.07) is 0. The maximum atomic E-state index is 9.04. The van der Waals surface area contributed by atoms with E-state index in [0.717, 1.165) is 0 Å². The predicted molar refractivity (Wildman–Crippen MR) is 38.7 cm³/mol. The Morgan fingerprint density at radius 3 is 2.20 bits per heavy atom. The van der Waals surface area contributed by atoms with Crippen molar-refractivity contribution in [3.63, 3.8) is 0 Å². The largest absolute Gasteiger partial charge is 0.510 e. The van der Waals surface area contributed by atoms with E-state index in [1.807, 2.05) is 0 Å². The van der Waals surface area contributed by atoms with E-state index in [2.05, 4.69) is 0 Å². The number of hydrogen-bond donors (Lipinski definition) is 3. The minimum Gasteiger partial charge on any atom is -0.510 e. The van der Waals surface area contributed by atoms with Gasteiger partial charge in [0, 0.05) is 13.0 Å². The maximum Gasteiger partial charge on any atom is 0.119 e. The Morgan fingerprint density at radius 2 is 1.90 bits per heavy atom. The van der Waals surface area contributed by atoms with Gasteiger partial charge in [0.15, 0.2) is 0 Å². The van der Waals surface area contributed by atoms with Gasteiger partial charge in [-0.25, -0.2) is 0 Å². The molecule has 0 aliphatic heterocycles. The quantitative estimate of drug-likeness (QED) is 0.510. The Morgan fingerprint density at radius 1 is 1.40 bits per heavy atom. The lowest BCUT2D eigenvalue weighted by Crippen LogP contribution is -2.12.